The van der Waals surface area contributed by atoms with Crippen LogP contribution in [0.1, 0.15) is 25.6 Å². The van der Waals surface area contributed by atoms with Crippen LogP contribution in [-0.2, 0) is 20.1 Å². The van der Waals surface area contributed by atoms with Crippen molar-refractivity contribution in [1.82, 2.24) is 19.7 Å². The molecule has 2 heterocycles. The topological polar surface area (TPSA) is 128 Å². The fourth-order valence-electron chi connectivity index (χ4n) is 3.42. The zero-order chi connectivity index (χ0) is 27.5. The first-order valence-corrected chi connectivity index (χ1v) is 14.1. The second-order valence-electron chi connectivity index (χ2n) is 8.48. The molecule has 1 unspecified atom stereocenters. The largest absolute Gasteiger partial charge is 0.358 e. The molecule has 0 aliphatic carbocycles. The number of halogens is 2. The van der Waals surface area contributed by atoms with Gasteiger partial charge in [-0.3, -0.25) is 4.98 Å². The summed E-state index contributed by atoms with van der Waals surface area (Å²) in [5.41, 5.74) is 0.533. The molecule has 4 aromatic rings. The molecule has 4 rings (SSSR count). The number of hydrogen-bond donors (Lipinski definition) is 1. The van der Waals surface area contributed by atoms with E-state index in [0.717, 1.165) is 48.5 Å². The molecule has 9 nitrogen and oxygen atoms in total. The Morgan fingerprint density at radius 3 is 2.00 bits per heavy atom. The summed E-state index contributed by atoms with van der Waals surface area (Å²) in [4.78, 5) is 12.2. The van der Waals surface area contributed by atoms with Gasteiger partial charge in [0.2, 0.25) is 15.9 Å². The van der Waals surface area contributed by atoms with Gasteiger partial charge >= 0.3 is 10.1 Å². The van der Waals surface area contributed by atoms with Gasteiger partial charge in [-0.25, -0.2) is 26.9 Å². The van der Waals surface area contributed by atoms with Crippen molar-refractivity contribution in [3.8, 4) is 17.3 Å². The van der Waals surface area contributed by atoms with E-state index in [1.165, 1.54) is 18.5 Å². The average molecular weight is 561 g/mol. The number of pyridine rings is 1. The fourth-order valence-corrected chi connectivity index (χ4v) is 5.65. The standard InChI is InChI=1S/C25H22F2N4O5S2/c1-16(2)24(31-37(32,33)20-9-5-18(26)6-10-20)22-14-23(30-25(29-22)17-4-3-13-28-15-17)36-38(34,35)21-11-7-19(27)8-12-21/h3-16,24,31H,1-2H3. The van der Waals surface area contributed by atoms with Crippen molar-refractivity contribution in [3.63, 3.8) is 0 Å². The zero-order valence-corrected chi connectivity index (χ0v) is 21.7. The Morgan fingerprint density at radius 1 is 0.842 bits per heavy atom. The van der Waals surface area contributed by atoms with Crippen LogP contribution in [0, 0.1) is 17.6 Å². The minimum absolute atomic E-state index is 0.0338. The molecule has 13 heteroatoms. The van der Waals surface area contributed by atoms with Crippen LogP contribution in [0.4, 0.5) is 8.78 Å². The maximum Gasteiger partial charge on any atom is 0.340 e. The first kappa shape index (κ1) is 27.2. The van der Waals surface area contributed by atoms with E-state index in [0.29, 0.717) is 5.56 Å². The van der Waals surface area contributed by atoms with Gasteiger partial charge in [-0.15, -0.1) is 0 Å². The summed E-state index contributed by atoms with van der Waals surface area (Å²) in [6.07, 6.45) is 2.97. The zero-order valence-electron chi connectivity index (χ0n) is 20.1. The number of aromatic nitrogens is 3. The Hall–Kier alpha value is -3.81. The second-order valence-corrected chi connectivity index (χ2v) is 11.7. The molecule has 38 heavy (non-hydrogen) atoms. The summed E-state index contributed by atoms with van der Waals surface area (Å²) in [7, 11) is -8.55. The molecule has 0 aliphatic heterocycles. The lowest BCUT2D eigenvalue weighted by molar-refractivity contribution is 0.446. The molecular formula is C25H22F2N4O5S2. The van der Waals surface area contributed by atoms with Gasteiger partial charge in [0.05, 0.1) is 16.6 Å². The molecule has 198 valence electrons. The smallest absolute Gasteiger partial charge is 0.340 e. The number of rotatable bonds is 9. The van der Waals surface area contributed by atoms with Crippen molar-refractivity contribution in [2.75, 3.05) is 0 Å². The summed E-state index contributed by atoms with van der Waals surface area (Å²) in [5.74, 6) is -1.94. The average Bonchev–Trinajstić information content (AvgIpc) is 2.88. The molecule has 0 amide bonds. The van der Waals surface area contributed by atoms with Crippen molar-refractivity contribution in [3.05, 3.63) is 96.5 Å². The highest BCUT2D eigenvalue weighted by atomic mass is 32.2. The molecule has 0 saturated carbocycles. The van der Waals surface area contributed by atoms with Crippen LogP contribution >= 0.6 is 0 Å². The number of hydrogen-bond acceptors (Lipinski definition) is 8. The molecule has 1 N–H and O–H groups in total. The second kappa shape index (κ2) is 10.9. The lowest BCUT2D eigenvalue weighted by Crippen LogP contribution is -2.32. The Bertz CT molecular complexity index is 1630. The Labute approximate surface area is 218 Å². The van der Waals surface area contributed by atoms with E-state index in [2.05, 4.69) is 19.7 Å². The Kier molecular flexibility index (Phi) is 7.81. The van der Waals surface area contributed by atoms with E-state index < -0.39 is 37.8 Å². The highest BCUT2D eigenvalue weighted by Crippen LogP contribution is 2.29. The first-order valence-electron chi connectivity index (χ1n) is 11.2. The van der Waals surface area contributed by atoms with E-state index in [4.69, 9.17) is 4.18 Å². The van der Waals surface area contributed by atoms with Crippen LogP contribution in [0.2, 0.25) is 0 Å². The summed E-state index contributed by atoms with van der Waals surface area (Å²) < 4.78 is 86.3. The number of nitrogens with zero attached hydrogens (tertiary/aromatic N) is 3. The summed E-state index contributed by atoms with van der Waals surface area (Å²) >= 11 is 0. The lowest BCUT2D eigenvalue weighted by Gasteiger charge is -2.23. The van der Waals surface area contributed by atoms with Gasteiger partial charge in [0.15, 0.2) is 5.82 Å². The van der Waals surface area contributed by atoms with Gasteiger partial charge < -0.3 is 4.18 Å². The molecule has 0 radical (unpaired) electrons. The van der Waals surface area contributed by atoms with Crippen LogP contribution in [0.15, 0.2) is 88.9 Å². The highest BCUT2D eigenvalue weighted by Gasteiger charge is 2.28. The maximum absolute atomic E-state index is 13.3. The fraction of sp³-hybridized carbons (Fsp3) is 0.160. The van der Waals surface area contributed by atoms with Crippen LogP contribution in [-0.4, -0.2) is 31.8 Å². The van der Waals surface area contributed by atoms with Crippen LogP contribution < -0.4 is 8.91 Å². The monoisotopic (exact) mass is 560 g/mol. The van der Waals surface area contributed by atoms with Crippen LogP contribution in [0.25, 0.3) is 11.4 Å². The molecule has 2 aromatic carbocycles. The van der Waals surface area contributed by atoms with Gasteiger partial charge in [-0.2, -0.15) is 13.4 Å². The summed E-state index contributed by atoms with van der Waals surface area (Å²) in [5, 5.41) is 0. The van der Waals surface area contributed by atoms with Gasteiger partial charge in [0, 0.05) is 24.0 Å². The third kappa shape index (κ3) is 6.36. The quantitative estimate of drug-likeness (QED) is 0.301. The Morgan fingerprint density at radius 2 is 1.45 bits per heavy atom. The number of benzene rings is 2. The van der Waals surface area contributed by atoms with E-state index in [1.54, 1.807) is 26.0 Å². The van der Waals surface area contributed by atoms with Gasteiger partial charge in [-0.05, 0) is 66.6 Å². The molecular weight excluding hydrogens is 538 g/mol. The van der Waals surface area contributed by atoms with Gasteiger partial charge in [0.25, 0.3) is 0 Å². The molecule has 0 saturated heterocycles. The van der Waals surface area contributed by atoms with E-state index >= 15 is 0 Å². The van der Waals surface area contributed by atoms with E-state index in [1.807, 2.05) is 0 Å². The summed E-state index contributed by atoms with van der Waals surface area (Å²) in [6.45, 7) is 3.47. The van der Waals surface area contributed by atoms with Crippen molar-refractivity contribution in [1.29, 1.82) is 0 Å². The number of sulfonamides is 1. The molecule has 2 aromatic heterocycles. The van der Waals surface area contributed by atoms with Crippen molar-refractivity contribution < 1.29 is 29.8 Å². The molecule has 0 bridgehead atoms. The van der Waals surface area contributed by atoms with Crippen molar-refractivity contribution in [2.45, 2.75) is 29.7 Å². The third-order valence-electron chi connectivity index (χ3n) is 5.33. The van der Waals surface area contributed by atoms with Crippen LogP contribution in [0.5, 0.6) is 5.88 Å². The van der Waals surface area contributed by atoms with E-state index in [9.17, 15) is 25.6 Å². The predicted octanol–water partition coefficient (Wildman–Crippen LogP) is 4.26. The molecule has 0 aliphatic rings. The minimum Gasteiger partial charge on any atom is -0.358 e. The van der Waals surface area contributed by atoms with Gasteiger partial charge in [0.1, 0.15) is 16.5 Å². The lowest BCUT2D eigenvalue weighted by atomic mass is 10.0. The highest BCUT2D eigenvalue weighted by molar-refractivity contribution is 7.89. The van der Waals surface area contributed by atoms with Crippen molar-refractivity contribution >= 4 is 20.1 Å². The normalized spacial score (nSPS) is 12.9. The third-order valence-corrected chi connectivity index (χ3v) is 8.03. The summed E-state index contributed by atoms with van der Waals surface area (Å²) in [6, 6.07) is 11.8. The maximum atomic E-state index is 13.3. The molecule has 1 atom stereocenters. The molecule has 0 fully saturated rings. The van der Waals surface area contributed by atoms with E-state index in [-0.39, 0.29) is 33.1 Å². The van der Waals surface area contributed by atoms with Gasteiger partial charge in [-0.1, -0.05) is 13.8 Å². The number of nitrogens with one attached hydrogen (secondary N) is 1. The first-order chi connectivity index (χ1) is 17.9. The minimum atomic E-state index is -4.42. The van der Waals surface area contributed by atoms with Crippen LogP contribution in [0.3, 0.4) is 0 Å². The SMILES string of the molecule is CC(C)C(NS(=O)(=O)c1ccc(F)cc1)c1cc(OS(=O)(=O)c2ccc(F)cc2)nc(-c2cccnc2)n1. The van der Waals surface area contributed by atoms with Crippen molar-refractivity contribution in [2.24, 2.45) is 5.92 Å². The predicted molar refractivity (Wildman–Crippen MR) is 134 cm³/mol. The molecule has 0 spiro atoms. The Balaban J connectivity index is 1.78.